The Kier molecular flexibility index (Phi) is 10.3. The summed E-state index contributed by atoms with van der Waals surface area (Å²) in [4.78, 5) is 51.9. The molecule has 0 aromatic heterocycles. The fourth-order valence-electron chi connectivity index (χ4n) is 3.97. The van der Waals surface area contributed by atoms with Crippen LogP contribution in [0.1, 0.15) is 40.7 Å². The molecule has 2 aromatic carbocycles. The number of hydrogen-bond acceptors (Lipinski definition) is 7. The molecule has 1 heterocycles. The van der Waals surface area contributed by atoms with Gasteiger partial charge in [-0.25, -0.2) is 0 Å². The van der Waals surface area contributed by atoms with Crippen molar-refractivity contribution in [3.05, 3.63) is 65.2 Å². The van der Waals surface area contributed by atoms with Crippen molar-refractivity contribution in [2.45, 2.75) is 49.6 Å². The highest BCUT2D eigenvalue weighted by atomic mass is 32.2. The number of unbranched alkanes of at least 4 members (excludes halogenated alkanes) is 1. The van der Waals surface area contributed by atoms with E-state index in [2.05, 4.69) is 16.0 Å². The first-order valence-corrected chi connectivity index (χ1v) is 13.3. The van der Waals surface area contributed by atoms with Gasteiger partial charge in [0.2, 0.25) is 17.7 Å². The zero-order valence-electron chi connectivity index (χ0n) is 20.4. The summed E-state index contributed by atoms with van der Waals surface area (Å²) in [6.45, 7) is 0.447. The Balaban J connectivity index is 1.94. The lowest BCUT2D eigenvalue weighted by Gasteiger charge is -2.26. The molecule has 1 unspecified atom stereocenters. The van der Waals surface area contributed by atoms with Gasteiger partial charge in [0, 0.05) is 23.5 Å². The van der Waals surface area contributed by atoms with E-state index in [1.807, 2.05) is 12.1 Å². The Morgan fingerprint density at radius 3 is 2.35 bits per heavy atom. The largest absolute Gasteiger partial charge is 0.508 e. The van der Waals surface area contributed by atoms with Gasteiger partial charge >= 0.3 is 0 Å². The zero-order valence-corrected chi connectivity index (χ0v) is 21.3. The molecule has 0 fully saturated rings. The summed E-state index contributed by atoms with van der Waals surface area (Å²) in [5, 5.41) is 17.8. The van der Waals surface area contributed by atoms with Crippen molar-refractivity contribution in [1.29, 1.82) is 0 Å². The summed E-state index contributed by atoms with van der Waals surface area (Å²) < 4.78 is 0. The number of thioether (sulfide) groups is 1. The summed E-state index contributed by atoms with van der Waals surface area (Å²) >= 11 is 1.36. The third-order valence-corrected chi connectivity index (χ3v) is 7.13. The number of nitrogens with one attached hydrogen (secondary N) is 3. The van der Waals surface area contributed by atoms with Crippen LogP contribution >= 0.6 is 11.8 Å². The Morgan fingerprint density at radius 2 is 1.65 bits per heavy atom. The van der Waals surface area contributed by atoms with Crippen LogP contribution in [-0.2, 0) is 26.6 Å². The highest BCUT2D eigenvalue weighted by Crippen LogP contribution is 2.19. The molecule has 0 spiro atoms. The van der Waals surface area contributed by atoms with Crippen LogP contribution in [0.15, 0.2) is 48.5 Å². The molecule has 0 saturated heterocycles. The van der Waals surface area contributed by atoms with E-state index in [4.69, 9.17) is 11.5 Å². The van der Waals surface area contributed by atoms with Crippen LogP contribution < -0.4 is 27.4 Å². The Bertz CT molecular complexity index is 1110. The lowest BCUT2D eigenvalue weighted by molar-refractivity contribution is -0.131. The second kappa shape index (κ2) is 13.7. The zero-order chi connectivity index (χ0) is 26.8. The number of amides is 4. The summed E-state index contributed by atoms with van der Waals surface area (Å²) in [5.41, 5.74) is 13.0. The van der Waals surface area contributed by atoms with Gasteiger partial charge in [-0.3, -0.25) is 19.2 Å². The summed E-state index contributed by atoms with van der Waals surface area (Å²) in [6, 6.07) is 10.4. The number of carbonyl (C=O) groups excluding carboxylic acids is 4. The molecule has 2 aromatic rings. The molecule has 0 bridgehead atoms. The van der Waals surface area contributed by atoms with Crippen LogP contribution in [0, 0.1) is 0 Å². The molecule has 4 amide bonds. The quantitative estimate of drug-likeness (QED) is 0.285. The second-order valence-electron chi connectivity index (χ2n) is 8.88. The number of benzene rings is 2. The van der Waals surface area contributed by atoms with E-state index < -0.39 is 41.8 Å². The third kappa shape index (κ3) is 8.22. The summed E-state index contributed by atoms with van der Waals surface area (Å²) in [6.07, 6.45) is 1.71. The van der Waals surface area contributed by atoms with Gasteiger partial charge in [-0.1, -0.05) is 30.3 Å². The Hall–Kier alpha value is -3.57. The maximum Gasteiger partial charge on any atom is 0.252 e. The number of aromatic hydroxyl groups is 1. The molecule has 0 radical (unpaired) electrons. The predicted octanol–water partition coefficient (Wildman–Crippen LogP) is 0.564. The highest BCUT2D eigenvalue weighted by Gasteiger charge is 2.30. The minimum absolute atomic E-state index is 0.0667. The van der Waals surface area contributed by atoms with E-state index >= 15 is 0 Å². The van der Waals surface area contributed by atoms with Gasteiger partial charge < -0.3 is 32.5 Å². The van der Waals surface area contributed by atoms with Crippen LogP contribution in [-0.4, -0.2) is 59.2 Å². The van der Waals surface area contributed by atoms with Crippen LogP contribution in [0.2, 0.25) is 0 Å². The lowest BCUT2D eigenvalue weighted by atomic mass is 10.0. The SMILES string of the molecule is NCCCC[C@@H]1NC(=O)c2ccccc2CSCC(C(N)=O)NC(=O)[C@H](Cc2ccc(O)cc2)NC1=O. The average Bonchev–Trinajstić information content (AvgIpc) is 2.87. The first-order chi connectivity index (χ1) is 17.8. The predicted molar refractivity (Wildman–Crippen MR) is 142 cm³/mol. The molecule has 8 N–H and O–H groups in total. The van der Waals surface area contributed by atoms with Gasteiger partial charge in [-0.15, -0.1) is 0 Å². The molecule has 0 aliphatic carbocycles. The molecular formula is C26H33N5O5S. The van der Waals surface area contributed by atoms with Crippen LogP contribution in [0.3, 0.4) is 0 Å². The number of rotatable bonds is 7. The van der Waals surface area contributed by atoms with E-state index in [1.54, 1.807) is 24.3 Å². The minimum atomic E-state index is -1.05. The summed E-state index contributed by atoms with van der Waals surface area (Å²) in [7, 11) is 0. The lowest BCUT2D eigenvalue weighted by Crippen LogP contribution is -2.57. The molecule has 0 saturated carbocycles. The van der Waals surface area contributed by atoms with Gasteiger partial charge in [-0.05, 0) is 55.1 Å². The Morgan fingerprint density at radius 1 is 0.946 bits per heavy atom. The van der Waals surface area contributed by atoms with E-state index in [0.29, 0.717) is 42.7 Å². The van der Waals surface area contributed by atoms with Crippen molar-refractivity contribution >= 4 is 35.4 Å². The molecule has 3 rings (SSSR count). The van der Waals surface area contributed by atoms with Crippen LogP contribution in [0.4, 0.5) is 0 Å². The van der Waals surface area contributed by atoms with Gasteiger partial charge in [-0.2, -0.15) is 11.8 Å². The Labute approximate surface area is 219 Å². The number of phenolic OH excluding ortho intramolecular Hbond substituents is 1. The van der Waals surface area contributed by atoms with E-state index in [9.17, 15) is 24.3 Å². The van der Waals surface area contributed by atoms with E-state index in [1.165, 1.54) is 23.9 Å². The number of fused-ring (bicyclic) bond motifs is 1. The van der Waals surface area contributed by atoms with Gasteiger partial charge in [0.05, 0.1) is 0 Å². The normalized spacial score (nSPS) is 21.1. The van der Waals surface area contributed by atoms with Crippen molar-refractivity contribution in [2.24, 2.45) is 11.5 Å². The average molecular weight is 528 g/mol. The first kappa shape index (κ1) is 28.0. The second-order valence-corrected chi connectivity index (χ2v) is 9.91. The van der Waals surface area contributed by atoms with Crippen molar-refractivity contribution in [3.8, 4) is 5.75 Å². The van der Waals surface area contributed by atoms with Crippen molar-refractivity contribution < 1.29 is 24.3 Å². The van der Waals surface area contributed by atoms with E-state index in [-0.39, 0.29) is 17.9 Å². The number of nitrogens with two attached hydrogens (primary N) is 2. The fourth-order valence-corrected chi connectivity index (χ4v) is 5.04. The molecule has 11 heteroatoms. The maximum absolute atomic E-state index is 13.4. The molecular weight excluding hydrogens is 494 g/mol. The number of hydrogen-bond donors (Lipinski definition) is 6. The van der Waals surface area contributed by atoms with Crippen LogP contribution in [0.25, 0.3) is 0 Å². The van der Waals surface area contributed by atoms with E-state index in [0.717, 1.165) is 5.56 Å². The minimum Gasteiger partial charge on any atom is -0.508 e. The van der Waals surface area contributed by atoms with Gasteiger partial charge in [0.15, 0.2) is 0 Å². The molecule has 1 aliphatic heterocycles. The molecule has 1 aliphatic rings. The molecule has 10 nitrogen and oxygen atoms in total. The molecule has 3 atom stereocenters. The number of phenols is 1. The van der Waals surface area contributed by atoms with Gasteiger partial charge in [0.25, 0.3) is 5.91 Å². The van der Waals surface area contributed by atoms with Crippen LogP contribution in [0.5, 0.6) is 5.75 Å². The maximum atomic E-state index is 13.4. The topological polar surface area (TPSA) is 177 Å². The number of primary amides is 1. The standard InChI is InChI=1S/C26H33N5O5S/c27-12-4-3-7-20-25(35)30-21(13-16-8-10-18(32)11-9-16)26(36)31-22(23(28)33)15-37-14-17-5-1-2-6-19(17)24(34)29-20/h1-2,5-6,8-11,20-22,32H,3-4,7,12-15,27H2,(H2,28,33)(H,29,34)(H,30,35)(H,31,36)/t20-,21-,22?/m0/s1. The smallest absolute Gasteiger partial charge is 0.252 e. The van der Waals surface area contributed by atoms with Gasteiger partial charge in [0.1, 0.15) is 23.9 Å². The monoisotopic (exact) mass is 527 g/mol. The van der Waals surface area contributed by atoms with Crippen molar-refractivity contribution in [2.75, 3.05) is 12.3 Å². The first-order valence-electron chi connectivity index (χ1n) is 12.1. The number of carbonyl (C=O) groups is 4. The third-order valence-electron chi connectivity index (χ3n) is 6.04. The van der Waals surface area contributed by atoms with Crippen molar-refractivity contribution in [3.63, 3.8) is 0 Å². The molecule has 37 heavy (non-hydrogen) atoms. The summed E-state index contributed by atoms with van der Waals surface area (Å²) in [5.74, 6) is -1.53. The molecule has 198 valence electrons. The fraction of sp³-hybridized carbons (Fsp3) is 0.385. The highest BCUT2D eigenvalue weighted by molar-refractivity contribution is 7.98. The van der Waals surface area contributed by atoms with Crippen molar-refractivity contribution in [1.82, 2.24) is 16.0 Å².